The van der Waals surface area contributed by atoms with Gasteiger partial charge in [0.25, 0.3) is 0 Å². The Balaban J connectivity index is 1.88. The van der Waals surface area contributed by atoms with Crippen molar-refractivity contribution in [1.29, 1.82) is 0 Å². The fraction of sp³-hybridized carbons (Fsp3) is 0.667. The van der Waals surface area contributed by atoms with Gasteiger partial charge in [-0.15, -0.1) is 0 Å². The SMILES string of the molecule is CC(C)C(NCCCCC(=O)O)c1ccc(C2CCCCC2)cc1. The van der Waals surface area contributed by atoms with Crippen LogP contribution in [0.3, 0.4) is 0 Å². The van der Waals surface area contributed by atoms with Crippen LogP contribution in [0.25, 0.3) is 0 Å². The van der Waals surface area contributed by atoms with Crippen LogP contribution in [0, 0.1) is 5.92 Å². The molecule has 0 bridgehead atoms. The average molecular weight is 332 g/mol. The van der Waals surface area contributed by atoms with Gasteiger partial charge >= 0.3 is 5.97 Å². The van der Waals surface area contributed by atoms with Crippen molar-refractivity contribution in [1.82, 2.24) is 5.32 Å². The van der Waals surface area contributed by atoms with Crippen molar-refractivity contribution in [3.05, 3.63) is 35.4 Å². The normalized spacial score (nSPS) is 17.1. The first kappa shape index (κ1) is 19.0. The molecule has 3 nitrogen and oxygen atoms in total. The van der Waals surface area contributed by atoms with Crippen molar-refractivity contribution in [2.24, 2.45) is 5.92 Å². The second-order valence-corrected chi connectivity index (χ2v) is 7.53. The quantitative estimate of drug-likeness (QED) is 0.606. The minimum Gasteiger partial charge on any atom is -0.481 e. The van der Waals surface area contributed by atoms with Gasteiger partial charge in [-0.1, -0.05) is 57.4 Å². The van der Waals surface area contributed by atoms with Gasteiger partial charge in [0.2, 0.25) is 0 Å². The first-order chi connectivity index (χ1) is 11.6. The van der Waals surface area contributed by atoms with Crippen LogP contribution >= 0.6 is 0 Å². The summed E-state index contributed by atoms with van der Waals surface area (Å²) in [7, 11) is 0. The molecule has 134 valence electrons. The predicted octanol–water partition coefficient (Wildman–Crippen LogP) is 5.28. The molecule has 0 aromatic heterocycles. The lowest BCUT2D eigenvalue weighted by Crippen LogP contribution is -2.26. The van der Waals surface area contributed by atoms with E-state index < -0.39 is 5.97 Å². The number of carbonyl (C=O) groups is 1. The Labute approximate surface area is 146 Å². The molecular formula is C21H33NO2. The van der Waals surface area contributed by atoms with E-state index in [0.717, 1.165) is 25.3 Å². The van der Waals surface area contributed by atoms with Crippen LogP contribution in [0.5, 0.6) is 0 Å². The highest BCUT2D eigenvalue weighted by Gasteiger charge is 2.18. The second kappa shape index (κ2) is 9.83. The summed E-state index contributed by atoms with van der Waals surface area (Å²) in [5, 5.41) is 12.3. The summed E-state index contributed by atoms with van der Waals surface area (Å²) >= 11 is 0. The lowest BCUT2D eigenvalue weighted by atomic mass is 9.83. The summed E-state index contributed by atoms with van der Waals surface area (Å²) in [6.07, 6.45) is 8.75. The van der Waals surface area contributed by atoms with Crippen LogP contribution in [0.2, 0.25) is 0 Å². The van der Waals surface area contributed by atoms with Crippen LogP contribution < -0.4 is 5.32 Å². The van der Waals surface area contributed by atoms with E-state index in [0.29, 0.717) is 12.0 Å². The number of nitrogens with one attached hydrogen (secondary N) is 1. The van der Waals surface area contributed by atoms with E-state index in [1.54, 1.807) is 0 Å². The number of benzene rings is 1. The van der Waals surface area contributed by atoms with Crippen LogP contribution in [0.15, 0.2) is 24.3 Å². The topological polar surface area (TPSA) is 49.3 Å². The molecule has 2 rings (SSSR count). The van der Waals surface area contributed by atoms with Crippen molar-refractivity contribution in [2.75, 3.05) is 6.54 Å². The minimum absolute atomic E-state index is 0.268. The van der Waals surface area contributed by atoms with Gasteiger partial charge in [0.1, 0.15) is 0 Å². The summed E-state index contributed by atoms with van der Waals surface area (Å²) in [6, 6.07) is 9.58. The Kier molecular flexibility index (Phi) is 7.77. The van der Waals surface area contributed by atoms with Gasteiger partial charge in [0, 0.05) is 12.5 Å². The zero-order chi connectivity index (χ0) is 17.4. The third-order valence-electron chi connectivity index (χ3n) is 5.22. The molecule has 0 amide bonds. The van der Waals surface area contributed by atoms with Crippen LogP contribution in [-0.4, -0.2) is 17.6 Å². The smallest absolute Gasteiger partial charge is 0.303 e. The van der Waals surface area contributed by atoms with E-state index in [9.17, 15) is 4.79 Å². The minimum atomic E-state index is -0.700. The first-order valence-corrected chi connectivity index (χ1v) is 9.63. The highest BCUT2D eigenvalue weighted by Crippen LogP contribution is 2.33. The van der Waals surface area contributed by atoms with Gasteiger partial charge in [-0.2, -0.15) is 0 Å². The zero-order valence-corrected chi connectivity index (χ0v) is 15.3. The van der Waals surface area contributed by atoms with E-state index in [2.05, 4.69) is 43.4 Å². The number of carboxylic acid groups (broad SMARTS) is 1. The summed E-state index contributed by atoms with van der Waals surface area (Å²) in [4.78, 5) is 10.6. The Bertz CT molecular complexity index is 489. The van der Waals surface area contributed by atoms with E-state index in [-0.39, 0.29) is 6.42 Å². The molecule has 0 radical (unpaired) electrons. The fourth-order valence-electron chi connectivity index (χ4n) is 3.81. The molecule has 3 heteroatoms. The third-order valence-corrected chi connectivity index (χ3v) is 5.22. The average Bonchev–Trinajstić information content (AvgIpc) is 2.58. The summed E-state index contributed by atoms with van der Waals surface area (Å²) < 4.78 is 0. The maximum Gasteiger partial charge on any atom is 0.303 e. The summed E-state index contributed by atoms with van der Waals surface area (Å²) in [5.41, 5.74) is 2.85. The van der Waals surface area contributed by atoms with Crippen molar-refractivity contribution in [3.8, 4) is 0 Å². The molecule has 1 saturated carbocycles. The van der Waals surface area contributed by atoms with Gasteiger partial charge in [-0.3, -0.25) is 4.79 Å². The van der Waals surface area contributed by atoms with Gasteiger partial charge in [0.15, 0.2) is 0 Å². The van der Waals surface area contributed by atoms with Crippen molar-refractivity contribution < 1.29 is 9.90 Å². The molecule has 1 fully saturated rings. The maximum absolute atomic E-state index is 10.6. The maximum atomic E-state index is 10.6. The van der Waals surface area contributed by atoms with Gasteiger partial charge in [0.05, 0.1) is 0 Å². The lowest BCUT2D eigenvalue weighted by molar-refractivity contribution is -0.137. The highest BCUT2D eigenvalue weighted by molar-refractivity contribution is 5.66. The second-order valence-electron chi connectivity index (χ2n) is 7.53. The Morgan fingerprint density at radius 3 is 2.38 bits per heavy atom. The lowest BCUT2D eigenvalue weighted by Gasteiger charge is -2.25. The number of hydrogen-bond acceptors (Lipinski definition) is 2. The molecule has 1 atom stereocenters. The Morgan fingerprint density at radius 1 is 1.12 bits per heavy atom. The number of unbranched alkanes of at least 4 members (excludes halogenated alkanes) is 1. The zero-order valence-electron chi connectivity index (χ0n) is 15.3. The number of aliphatic carboxylic acids is 1. The molecule has 0 saturated heterocycles. The molecule has 0 spiro atoms. The van der Waals surface area contributed by atoms with Gasteiger partial charge in [-0.05, 0) is 55.2 Å². The highest BCUT2D eigenvalue weighted by atomic mass is 16.4. The Morgan fingerprint density at radius 2 is 1.79 bits per heavy atom. The van der Waals surface area contributed by atoms with Crippen molar-refractivity contribution >= 4 is 5.97 Å². The predicted molar refractivity (Wildman–Crippen MR) is 99.3 cm³/mol. The van der Waals surface area contributed by atoms with Crippen molar-refractivity contribution in [3.63, 3.8) is 0 Å². The first-order valence-electron chi connectivity index (χ1n) is 9.63. The number of rotatable bonds is 9. The molecule has 1 aliphatic rings. The van der Waals surface area contributed by atoms with Gasteiger partial charge in [-0.25, -0.2) is 0 Å². The van der Waals surface area contributed by atoms with E-state index in [1.165, 1.54) is 43.2 Å². The van der Waals surface area contributed by atoms with Crippen molar-refractivity contribution in [2.45, 2.75) is 77.2 Å². The molecule has 0 aliphatic heterocycles. The van der Waals surface area contributed by atoms with Gasteiger partial charge < -0.3 is 10.4 Å². The summed E-state index contributed by atoms with van der Waals surface area (Å²) in [6.45, 7) is 5.36. The molecule has 1 unspecified atom stereocenters. The molecule has 0 heterocycles. The molecule has 1 aromatic rings. The number of carboxylic acids is 1. The molecule has 1 aromatic carbocycles. The summed E-state index contributed by atoms with van der Waals surface area (Å²) in [5.74, 6) is 0.577. The third kappa shape index (κ3) is 5.94. The van der Waals surface area contributed by atoms with E-state index >= 15 is 0 Å². The molecule has 1 aliphatic carbocycles. The van der Waals surface area contributed by atoms with E-state index in [4.69, 9.17) is 5.11 Å². The van der Waals surface area contributed by atoms with E-state index in [1.807, 2.05) is 0 Å². The molecule has 24 heavy (non-hydrogen) atoms. The van der Waals surface area contributed by atoms with Crippen LogP contribution in [-0.2, 0) is 4.79 Å². The molecular weight excluding hydrogens is 298 g/mol. The Hall–Kier alpha value is -1.35. The monoisotopic (exact) mass is 331 g/mol. The van der Waals surface area contributed by atoms with Crippen LogP contribution in [0.4, 0.5) is 0 Å². The largest absolute Gasteiger partial charge is 0.481 e. The standard InChI is InChI=1S/C21H33NO2/c1-16(2)21(22-15-7-6-10-20(23)24)19-13-11-18(12-14-19)17-8-4-3-5-9-17/h11-14,16-17,21-22H,3-10,15H2,1-2H3,(H,23,24). The number of hydrogen-bond donors (Lipinski definition) is 2. The fourth-order valence-corrected chi connectivity index (χ4v) is 3.81. The molecule has 2 N–H and O–H groups in total. The van der Waals surface area contributed by atoms with Crippen LogP contribution in [0.1, 0.15) is 88.3 Å².